The number of carbonyl (C=O) groups excluding carboxylic acids is 4. The van der Waals surface area contributed by atoms with Crippen LogP contribution in [0.3, 0.4) is 0 Å². The summed E-state index contributed by atoms with van der Waals surface area (Å²) in [5.74, 6) is -5.18. The maximum absolute atomic E-state index is 12.9. The normalized spacial score (nSPS) is 14.6. The van der Waals surface area contributed by atoms with Gasteiger partial charge in [0, 0.05) is 13.0 Å². The predicted molar refractivity (Wildman–Crippen MR) is 137 cm³/mol. The molecule has 210 valence electrons. The Morgan fingerprint density at radius 1 is 0.921 bits per heavy atom. The molecule has 0 aliphatic carbocycles. The molecule has 15 heteroatoms. The fraction of sp³-hybridized carbons (Fsp3) is 0.478. The Hall–Kier alpha value is -4.24. The molecule has 5 atom stereocenters. The van der Waals surface area contributed by atoms with Crippen molar-refractivity contribution in [2.75, 3.05) is 6.54 Å². The Morgan fingerprint density at radius 3 is 2.05 bits per heavy atom. The molecule has 0 saturated heterocycles. The number of amides is 4. The zero-order valence-corrected chi connectivity index (χ0v) is 21.0. The molecule has 1 aromatic rings. The molecule has 0 bridgehead atoms. The Bertz CT molecular complexity index is 999. The molecule has 0 spiro atoms. The summed E-state index contributed by atoms with van der Waals surface area (Å²) in [6.07, 6.45) is -1.62. The number of rotatable bonds is 16. The summed E-state index contributed by atoms with van der Waals surface area (Å²) in [7, 11) is 0. The molecular weight excluding hydrogens is 500 g/mol. The molecule has 5 unspecified atom stereocenters. The van der Waals surface area contributed by atoms with E-state index >= 15 is 0 Å². The van der Waals surface area contributed by atoms with Crippen LogP contribution in [0.4, 0.5) is 0 Å². The smallest absolute Gasteiger partial charge is 0.326 e. The molecule has 13 N–H and O–H groups in total. The molecule has 0 fully saturated rings. The number of primary amides is 1. The Labute approximate surface area is 219 Å². The van der Waals surface area contributed by atoms with Crippen molar-refractivity contribution in [3.8, 4) is 0 Å². The van der Waals surface area contributed by atoms with Gasteiger partial charge >= 0.3 is 5.97 Å². The number of nitrogens with zero attached hydrogens (tertiary/aromatic N) is 1. The average molecular weight is 537 g/mol. The average Bonchev–Trinajstić information content (AvgIpc) is 2.83. The van der Waals surface area contributed by atoms with Crippen LogP contribution < -0.4 is 38.9 Å². The topological polar surface area (TPSA) is 278 Å². The monoisotopic (exact) mass is 536 g/mol. The highest BCUT2D eigenvalue weighted by Gasteiger charge is 2.33. The minimum absolute atomic E-state index is 0.0629. The number of carboxylic acid groups (broad SMARTS) is 1. The zero-order valence-electron chi connectivity index (χ0n) is 21.0. The second-order valence-corrected chi connectivity index (χ2v) is 8.60. The lowest BCUT2D eigenvalue weighted by molar-refractivity contribution is -0.142. The number of guanidine groups is 1. The van der Waals surface area contributed by atoms with Gasteiger partial charge in [-0.1, -0.05) is 30.3 Å². The number of benzene rings is 1. The summed E-state index contributed by atoms with van der Waals surface area (Å²) in [6, 6.07) is 2.93. The first kappa shape index (κ1) is 31.8. The van der Waals surface area contributed by atoms with Crippen LogP contribution in [0, 0.1) is 0 Å². The summed E-state index contributed by atoms with van der Waals surface area (Å²) in [6.45, 7) is 1.45. The molecule has 0 saturated carbocycles. The minimum Gasteiger partial charge on any atom is -0.480 e. The Kier molecular flexibility index (Phi) is 13.2. The lowest BCUT2D eigenvalue weighted by atomic mass is 10.0. The molecule has 1 rings (SSSR count). The second kappa shape index (κ2) is 15.8. The summed E-state index contributed by atoms with van der Waals surface area (Å²) in [5, 5.41) is 26.4. The van der Waals surface area contributed by atoms with Gasteiger partial charge in [0.1, 0.15) is 18.1 Å². The van der Waals surface area contributed by atoms with Crippen molar-refractivity contribution in [2.45, 2.75) is 62.9 Å². The van der Waals surface area contributed by atoms with Crippen molar-refractivity contribution >= 4 is 35.6 Å². The van der Waals surface area contributed by atoms with Gasteiger partial charge in [0.25, 0.3) is 0 Å². The van der Waals surface area contributed by atoms with Crippen molar-refractivity contribution < 1.29 is 34.2 Å². The lowest BCUT2D eigenvalue weighted by Crippen LogP contribution is -2.60. The second-order valence-electron chi connectivity index (χ2n) is 8.60. The number of nitrogens with two attached hydrogens (primary N) is 4. The molecule has 15 nitrogen and oxygen atoms in total. The number of aliphatic hydroxyl groups excluding tert-OH is 1. The maximum atomic E-state index is 12.9. The first-order chi connectivity index (χ1) is 17.8. The number of hydrogen-bond donors (Lipinski definition) is 9. The highest BCUT2D eigenvalue weighted by atomic mass is 16.4. The third-order valence-corrected chi connectivity index (χ3v) is 5.30. The van der Waals surface area contributed by atoms with E-state index in [2.05, 4.69) is 20.9 Å². The first-order valence-electron chi connectivity index (χ1n) is 11.8. The number of carboxylic acids is 1. The van der Waals surface area contributed by atoms with Crippen molar-refractivity contribution in [1.82, 2.24) is 16.0 Å². The van der Waals surface area contributed by atoms with Gasteiger partial charge in [0.15, 0.2) is 5.96 Å². The largest absolute Gasteiger partial charge is 0.480 e. The minimum atomic E-state index is -1.58. The first-order valence-corrected chi connectivity index (χ1v) is 11.8. The van der Waals surface area contributed by atoms with Crippen molar-refractivity contribution in [2.24, 2.45) is 27.9 Å². The summed E-state index contributed by atoms with van der Waals surface area (Å²) in [5.41, 5.74) is 22.1. The summed E-state index contributed by atoms with van der Waals surface area (Å²) < 4.78 is 0. The van der Waals surface area contributed by atoms with Crippen LogP contribution in [-0.2, 0) is 30.4 Å². The van der Waals surface area contributed by atoms with Crippen LogP contribution in [0.25, 0.3) is 0 Å². The van der Waals surface area contributed by atoms with E-state index in [1.54, 1.807) is 30.3 Å². The number of hydrogen-bond acceptors (Lipinski definition) is 8. The SMILES string of the molecule is CC(O)C(NC(=O)C(N)CCCN=C(N)N)C(=O)NC(CC(N)=O)C(=O)NC(Cc1ccccc1)C(=O)O. The van der Waals surface area contributed by atoms with E-state index in [-0.39, 0.29) is 25.3 Å². The highest BCUT2D eigenvalue weighted by molar-refractivity contribution is 5.96. The van der Waals surface area contributed by atoms with E-state index in [4.69, 9.17) is 22.9 Å². The third-order valence-electron chi connectivity index (χ3n) is 5.30. The molecule has 0 aromatic heterocycles. The van der Waals surface area contributed by atoms with Gasteiger partial charge in [-0.25, -0.2) is 4.79 Å². The molecule has 38 heavy (non-hydrogen) atoms. The number of aliphatic carboxylic acids is 1. The van der Waals surface area contributed by atoms with Crippen LogP contribution in [0.15, 0.2) is 35.3 Å². The Morgan fingerprint density at radius 2 is 1.53 bits per heavy atom. The van der Waals surface area contributed by atoms with Crippen molar-refractivity contribution in [3.05, 3.63) is 35.9 Å². The standard InChI is InChI=1S/C23H36N8O7/c1-12(32)18(31-19(34)14(24)8-5-9-28-23(26)27)21(36)29-15(11-17(25)33)20(35)30-16(22(37)38)10-13-6-3-2-4-7-13/h2-4,6-7,12,14-16,18,32H,5,8-11,24H2,1H3,(H2,25,33)(H,29,36)(H,30,35)(H,31,34)(H,37,38)(H4,26,27,28). The lowest BCUT2D eigenvalue weighted by Gasteiger charge is -2.26. The van der Waals surface area contributed by atoms with Gasteiger partial charge in [0.2, 0.25) is 23.6 Å². The van der Waals surface area contributed by atoms with E-state index in [9.17, 15) is 34.2 Å². The van der Waals surface area contributed by atoms with Crippen LogP contribution >= 0.6 is 0 Å². The van der Waals surface area contributed by atoms with Crippen LogP contribution in [0.2, 0.25) is 0 Å². The van der Waals surface area contributed by atoms with Crippen LogP contribution in [-0.4, -0.2) is 82.6 Å². The van der Waals surface area contributed by atoms with E-state index in [1.165, 1.54) is 6.92 Å². The van der Waals surface area contributed by atoms with E-state index in [1.807, 2.05) is 0 Å². The zero-order chi connectivity index (χ0) is 28.8. The summed E-state index contributed by atoms with van der Waals surface area (Å²) >= 11 is 0. The van der Waals surface area contributed by atoms with Gasteiger partial charge < -0.3 is 49.1 Å². The number of carbonyl (C=O) groups is 5. The molecular formula is C23H36N8O7. The molecule has 0 radical (unpaired) electrons. The number of nitrogens with one attached hydrogen (secondary N) is 3. The molecule has 1 aromatic carbocycles. The fourth-order valence-electron chi connectivity index (χ4n) is 3.31. The summed E-state index contributed by atoms with van der Waals surface area (Å²) in [4.78, 5) is 65.2. The maximum Gasteiger partial charge on any atom is 0.326 e. The molecule has 0 aliphatic heterocycles. The third kappa shape index (κ3) is 11.7. The predicted octanol–water partition coefficient (Wildman–Crippen LogP) is -3.59. The van der Waals surface area contributed by atoms with Gasteiger partial charge in [-0.05, 0) is 25.3 Å². The van der Waals surface area contributed by atoms with Gasteiger partial charge in [-0.2, -0.15) is 0 Å². The highest BCUT2D eigenvalue weighted by Crippen LogP contribution is 2.06. The van der Waals surface area contributed by atoms with Gasteiger partial charge in [0.05, 0.1) is 18.6 Å². The molecule has 0 aliphatic rings. The molecule has 0 heterocycles. The van der Waals surface area contributed by atoms with E-state index in [0.717, 1.165) is 0 Å². The Balaban J connectivity index is 2.90. The van der Waals surface area contributed by atoms with Crippen molar-refractivity contribution in [3.63, 3.8) is 0 Å². The fourth-order valence-corrected chi connectivity index (χ4v) is 3.31. The van der Waals surface area contributed by atoms with Crippen LogP contribution in [0.1, 0.15) is 31.7 Å². The van der Waals surface area contributed by atoms with Crippen molar-refractivity contribution in [1.29, 1.82) is 0 Å². The van der Waals surface area contributed by atoms with Gasteiger partial charge in [-0.3, -0.25) is 24.2 Å². The van der Waals surface area contributed by atoms with Crippen LogP contribution in [0.5, 0.6) is 0 Å². The quantitative estimate of drug-likeness (QED) is 0.0568. The number of aliphatic imine (C=N–C) groups is 1. The molecule has 4 amide bonds. The number of aliphatic hydroxyl groups is 1. The van der Waals surface area contributed by atoms with E-state index in [0.29, 0.717) is 12.0 Å². The van der Waals surface area contributed by atoms with E-state index < -0.39 is 66.3 Å². The van der Waals surface area contributed by atoms with Gasteiger partial charge in [-0.15, -0.1) is 0 Å².